The number of fused-ring (bicyclic) bond motifs is 2. The Morgan fingerprint density at radius 1 is 1.23 bits per heavy atom. The van der Waals surface area contributed by atoms with Crippen molar-refractivity contribution in [2.45, 2.75) is 18.5 Å². The molecule has 0 bridgehead atoms. The Kier molecular flexibility index (Phi) is 4.96. The SMILES string of the molecule is O=C(Cn1cc(CN2C(=O)C(=O)C3C2=CC(Cl)=CC3Cl)nn1)c1nc2ccccc2s1. The van der Waals surface area contributed by atoms with Crippen molar-refractivity contribution in [3.8, 4) is 0 Å². The number of carbonyl (C=O) groups is 3. The second kappa shape index (κ2) is 7.67. The summed E-state index contributed by atoms with van der Waals surface area (Å²) in [6.45, 7) is -0.0145. The Bertz CT molecular complexity index is 1280. The van der Waals surface area contributed by atoms with Gasteiger partial charge >= 0.3 is 0 Å². The van der Waals surface area contributed by atoms with Gasteiger partial charge in [0.15, 0.2) is 5.01 Å². The summed E-state index contributed by atoms with van der Waals surface area (Å²) < 4.78 is 2.32. The first-order valence-corrected chi connectivity index (χ1v) is 10.9. The zero-order valence-electron chi connectivity index (χ0n) is 15.7. The molecule has 1 aliphatic carbocycles. The number of ketones is 2. The molecule has 1 fully saturated rings. The number of Topliss-reactive ketones (excluding diaryl/α,β-unsaturated/α-hetero) is 2. The van der Waals surface area contributed by atoms with Gasteiger partial charge in [-0.3, -0.25) is 14.4 Å². The van der Waals surface area contributed by atoms with Gasteiger partial charge in [0.25, 0.3) is 5.91 Å². The average Bonchev–Trinajstić information content (AvgIpc) is 3.42. The number of hydrogen-bond donors (Lipinski definition) is 0. The van der Waals surface area contributed by atoms with Gasteiger partial charge in [-0.2, -0.15) is 0 Å². The highest BCUT2D eigenvalue weighted by molar-refractivity contribution is 7.20. The minimum Gasteiger partial charge on any atom is -0.303 e. The van der Waals surface area contributed by atoms with Crippen LogP contribution in [-0.2, 0) is 22.7 Å². The normalized spacial score (nSPS) is 20.8. The van der Waals surface area contributed by atoms with Crippen molar-refractivity contribution in [1.29, 1.82) is 0 Å². The number of carbonyl (C=O) groups excluding carboxylic acids is 3. The number of halogens is 2. The molecule has 156 valence electrons. The summed E-state index contributed by atoms with van der Waals surface area (Å²) in [5.41, 5.74) is 1.65. The Morgan fingerprint density at radius 3 is 2.84 bits per heavy atom. The van der Waals surface area contributed by atoms with E-state index in [0.29, 0.717) is 21.4 Å². The second-order valence-corrected chi connectivity index (χ2v) is 9.09. The van der Waals surface area contributed by atoms with Gasteiger partial charge in [-0.25, -0.2) is 9.67 Å². The molecule has 2 aliphatic rings. The topological polar surface area (TPSA) is 98.1 Å². The third kappa shape index (κ3) is 3.58. The lowest BCUT2D eigenvalue weighted by molar-refractivity contribution is -0.140. The van der Waals surface area contributed by atoms with E-state index in [-0.39, 0.29) is 18.9 Å². The third-order valence-corrected chi connectivity index (χ3v) is 6.73. The van der Waals surface area contributed by atoms with Crippen molar-refractivity contribution in [3.05, 3.63) is 64.0 Å². The molecule has 2 unspecified atom stereocenters. The maximum Gasteiger partial charge on any atom is 0.295 e. The van der Waals surface area contributed by atoms with Crippen molar-refractivity contribution in [2.75, 3.05) is 0 Å². The molecule has 0 saturated carbocycles. The van der Waals surface area contributed by atoms with Crippen LogP contribution in [0.15, 0.2) is 53.3 Å². The first-order valence-electron chi connectivity index (χ1n) is 9.27. The predicted molar refractivity (Wildman–Crippen MR) is 115 cm³/mol. The van der Waals surface area contributed by atoms with Crippen molar-refractivity contribution in [3.63, 3.8) is 0 Å². The molecule has 5 rings (SSSR count). The summed E-state index contributed by atoms with van der Waals surface area (Å²) in [7, 11) is 0. The van der Waals surface area contributed by atoms with E-state index < -0.39 is 23.0 Å². The number of thiazole rings is 1. The molecular weight excluding hydrogens is 461 g/mol. The molecule has 1 amide bonds. The van der Waals surface area contributed by atoms with E-state index in [1.165, 1.54) is 27.0 Å². The minimum absolute atomic E-state index is 0.0238. The number of amides is 1. The zero-order valence-corrected chi connectivity index (χ0v) is 18.1. The number of nitrogens with zero attached hydrogens (tertiary/aromatic N) is 5. The largest absolute Gasteiger partial charge is 0.303 e. The monoisotopic (exact) mass is 473 g/mol. The van der Waals surface area contributed by atoms with Crippen LogP contribution >= 0.6 is 34.5 Å². The van der Waals surface area contributed by atoms with Gasteiger partial charge in [0, 0.05) is 10.7 Å². The van der Waals surface area contributed by atoms with Gasteiger partial charge in [0.1, 0.15) is 12.2 Å². The molecule has 0 radical (unpaired) electrons. The molecule has 11 heteroatoms. The van der Waals surface area contributed by atoms with Crippen molar-refractivity contribution >= 4 is 62.2 Å². The number of rotatable bonds is 5. The van der Waals surface area contributed by atoms with Crippen LogP contribution in [0.3, 0.4) is 0 Å². The fourth-order valence-electron chi connectivity index (χ4n) is 3.62. The molecule has 1 aliphatic heterocycles. The fraction of sp³-hybridized carbons (Fsp3) is 0.200. The molecule has 8 nitrogen and oxygen atoms in total. The third-order valence-electron chi connectivity index (χ3n) is 5.04. The van der Waals surface area contributed by atoms with Crippen LogP contribution in [-0.4, -0.2) is 47.7 Å². The van der Waals surface area contributed by atoms with Gasteiger partial charge in [0.05, 0.1) is 34.3 Å². The smallest absolute Gasteiger partial charge is 0.295 e. The summed E-state index contributed by atoms with van der Waals surface area (Å²) in [4.78, 5) is 43.1. The minimum atomic E-state index is -0.757. The predicted octanol–water partition coefficient (Wildman–Crippen LogP) is 2.93. The van der Waals surface area contributed by atoms with Gasteiger partial charge in [-0.05, 0) is 24.3 Å². The zero-order chi connectivity index (χ0) is 21.7. The maximum atomic E-state index is 12.6. The molecule has 3 heterocycles. The van der Waals surface area contributed by atoms with Crippen molar-refractivity contribution in [1.82, 2.24) is 24.9 Å². The highest BCUT2D eigenvalue weighted by Gasteiger charge is 2.47. The molecule has 1 aromatic carbocycles. The van der Waals surface area contributed by atoms with Crippen LogP contribution in [0.25, 0.3) is 10.2 Å². The van der Waals surface area contributed by atoms with E-state index in [4.69, 9.17) is 23.2 Å². The highest BCUT2D eigenvalue weighted by atomic mass is 35.5. The molecule has 1 saturated heterocycles. The number of para-hydroxylation sites is 1. The molecular formula is C20H13Cl2N5O3S. The summed E-state index contributed by atoms with van der Waals surface area (Å²) in [5, 5.41) is 8.08. The van der Waals surface area contributed by atoms with E-state index >= 15 is 0 Å². The lowest BCUT2D eigenvalue weighted by atomic mass is 9.95. The summed E-state index contributed by atoms with van der Waals surface area (Å²) in [6.07, 6.45) is 4.67. The quantitative estimate of drug-likeness (QED) is 0.321. The van der Waals surface area contributed by atoms with Crippen LogP contribution in [0.1, 0.15) is 15.5 Å². The Hall–Kier alpha value is -2.88. The van der Waals surface area contributed by atoms with Crippen LogP contribution in [0.2, 0.25) is 0 Å². The van der Waals surface area contributed by atoms with Crippen LogP contribution < -0.4 is 0 Å². The first kappa shape index (κ1) is 20.0. The van der Waals surface area contributed by atoms with Crippen LogP contribution in [0.5, 0.6) is 0 Å². The standard InChI is InChI=1S/C20H13Cl2N5O3S/c21-10-5-12(22)17-14(6-10)27(20(30)18(17)29)8-11-7-26(25-24-11)9-15(28)19-23-13-3-1-2-4-16(13)31-19/h1-7,12,17H,8-9H2. The van der Waals surface area contributed by atoms with Gasteiger partial charge in [-0.1, -0.05) is 28.9 Å². The number of aromatic nitrogens is 4. The molecule has 2 aromatic heterocycles. The Balaban J connectivity index is 1.33. The summed E-state index contributed by atoms with van der Waals surface area (Å²) >= 11 is 13.6. The molecule has 2 atom stereocenters. The maximum absolute atomic E-state index is 12.6. The van der Waals surface area contributed by atoms with Gasteiger partial charge in [-0.15, -0.1) is 28.0 Å². The fourth-order valence-corrected chi connectivity index (χ4v) is 5.21. The van der Waals surface area contributed by atoms with Crippen LogP contribution in [0, 0.1) is 5.92 Å². The molecule has 0 N–H and O–H groups in total. The van der Waals surface area contributed by atoms with E-state index in [0.717, 1.165) is 10.2 Å². The number of benzene rings is 1. The van der Waals surface area contributed by atoms with E-state index in [2.05, 4.69) is 15.3 Å². The van der Waals surface area contributed by atoms with Gasteiger partial charge in [0.2, 0.25) is 11.6 Å². The van der Waals surface area contributed by atoms with E-state index in [9.17, 15) is 14.4 Å². The number of alkyl halides is 1. The van der Waals surface area contributed by atoms with E-state index in [1.807, 2.05) is 24.3 Å². The summed E-state index contributed by atoms with van der Waals surface area (Å²) in [5.74, 6) is -2.19. The van der Waals surface area contributed by atoms with Gasteiger partial charge < -0.3 is 4.90 Å². The van der Waals surface area contributed by atoms with E-state index in [1.54, 1.807) is 12.3 Å². The lowest BCUT2D eigenvalue weighted by Crippen LogP contribution is -2.26. The molecule has 0 spiro atoms. The Morgan fingerprint density at radius 2 is 2.03 bits per heavy atom. The number of allylic oxidation sites excluding steroid dienone is 4. The van der Waals surface area contributed by atoms with Crippen molar-refractivity contribution < 1.29 is 14.4 Å². The highest BCUT2D eigenvalue weighted by Crippen LogP contribution is 2.38. The number of hydrogen-bond acceptors (Lipinski definition) is 7. The first-order chi connectivity index (χ1) is 14.9. The molecule has 31 heavy (non-hydrogen) atoms. The second-order valence-electron chi connectivity index (χ2n) is 7.12. The Labute approximate surface area is 189 Å². The average molecular weight is 474 g/mol. The summed E-state index contributed by atoms with van der Waals surface area (Å²) in [6, 6.07) is 7.52. The molecule has 3 aromatic rings. The van der Waals surface area contributed by atoms with Crippen molar-refractivity contribution in [2.24, 2.45) is 5.92 Å². The van der Waals surface area contributed by atoms with Crippen LogP contribution in [0.4, 0.5) is 0 Å². The number of likely N-dealkylation sites (tertiary alicyclic amines) is 1. The lowest BCUT2D eigenvalue weighted by Gasteiger charge is -2.22.